The molecule has 2 N–H and O–H groups in total. The normalized spacial score (nSPS) is 12.9. The smallest absolute Gasteiger partial charge is 0.326 e. The molecule has 0 spiro atoms. The summed E-state index contributed by atoms with van der Waals surface area (Å²) in [5, 5.41) is 11.8. The van der Waals surface area contributed by atoms with E-state index in [1.807, 2.05) is 19.9 Å². The van der Waals surface area contributed by atoms with E-state index in [-0.39, 0.29) is 5.91 Å². The summed E-state index contributed by atoms with van der Waals surface area (Å²) in [4.78, 5) is 23.4. The van der Waals surface area contributed by atoms with Gasteiger partial charge in [0.1, 0.15) is 6.04 Å². The van der Waals surface area contributed by atoms with Gasteiger partial charge in [-0.1, -0.05) is 38.0 Å². The molecule has 0 saturated carbocycles. The van der Waals surface area contributed by atoms with Gasteiger partial charge in [0.15, 0.2) is 0 Å². The van der Waals surface area contributed by atoms with Crippen LogP contribution >= 0.6 is 0 Å². The number of carbonyl (C=O) groups excluding carboxylic acids is 1. The van der Waals surface area contributed by atoms with E-state index in [1.165, 1.54) is 0 Å². The highest BCUT2D eigenvalue weighted by molar-refractivity contribution is 5.97. The van der Waals surface area contributed by atoms with Crippen molar-refractivity contribution in [3.05, 3.63) is 34.9 Å². The average Bonchev–Trinajstić information content (AvgIpc) is 2.21. The van der Waals surface area contributed by atoms with Gasteiger partial charge in [-0.25, -0.2) is 4.79 Å². The Morgan fingerprint density at radius 3 is 1.95 bits per heavy atom. The molecular formula is C15H21NO3. The van der Waals surface area contributed by atoms with Crippen LogP contribution in [0, 0.1) is 19.3 Å². The van der Waals surface area contributed by atoms with Gasteiger partial charge in [0.25, 0.3) is 5.91 Å². The van der Waals surface area contributed by atoms with Gasteiger partial charge in [-0.05, 0) is 31.4 Å². The molecule has 1 atom stereocenters. The summed E-state index contributed by atoms with van der Waals surface area (Å²) in [6.45, 7) is 9.17. The fraction of sp³-hybridized carbons (Fsp3) is 0.467. The van der Waals surface area contributed by atoms with Crippen LogP contribution in [0.1, 0.15) is 42.3 Å². The Morgan fingerprint density at radius 2 is 1.58 bits per heavy atom. The maximum absolute atomic E-state index is 12.1. The highest BCUT2D eigenvalue weighted by Gasteiger charge is 2.32. The summed E-state index contributed by atoms with van der Waals surface area (Å²) in [7, 11) is 0. The van der Waals surface area contributed by atoms with Crippen molar-refractivity contribution in [1.29, 1.82) is 0 Å². The summed E-state index contributed by atoms with van der Waals surface area (Å²) in [5.41, 5.74) is 1.91. The second-order valence-corrected chi connectivity index (χ2v) is 5.99. The maximum atomic E-state index is 12.1. The Hall–Kier alpha value is -1.84. The zero-order valence-corrected chi connectivity index (χ0v) is 12.1. The Bertz CT molecular complexity index is 480. The molecule has 19 heavy (non-hydrogen) atoms. The zero-order valence-electron chi connectivity index (χ0n) is 12.1. The van der Waals surface area contributed by atoms with Crippen LogP contribution < -0.4 is 5.32 Å². The first-order valence-corrected chi connectivity index (χ1v) is 6.23. The molecule has 0 aliphatic rings. The molecule has 1 rings (SSSR count). The number of carbonyl (C=O) groups is 2. The average molecular weight is 263 g/mol. The van der Waals surface area contributed by atoms with Crippen LogP contribution in [0.5, 0.6) is 0 Å². The first kappa shape index (κ1) is 15.2. The maximum Gasteiger partial charge on any atom is 0.326 e. The van der Waals surface area contributed by atoms with Crippen LogP contribution in [0.3, 0.4) is 0 Å². The van der Waals surface area contributed by atoms with Crippen molar-refractivity contribution in [2.45, 2.75) is 40.7 Å². The van der Waals surface area contributed by atoms with Crippen molar-refractivity contribution in [3.63, 3.8) is 0 Å². The number of carboxylic acid groups (broad SMARTS) is 1. The van der Waals surface area contributed by atoms with Crippen molar-refractivity contribution in [3.8, 4) is 0 Å². The highest BCUT2D eigenvalue weighted by atomic mass is 16.4. The van der Waals surface area contributed by atoms with Gasteiger partial charge in [0.2, 0.25) is 0 Å². The van der Waals surface area contributed by atoms with E-state index in [0.717, 1.165) is 11.1 Å². The van der Waals surface area contributed by atoms with E-state index in [4.69, 9.17) is 0 Å². The topological polar surface area (TPSA) is 66.4 Å². The van der Waals surface area contributed by atoms with Crippen LogP contribution in [-0.2, 0) is 4.79 Å². The Balaban J connectivity index is 2.97. The van der Waals surface area contributed by atoms with Crippen molar-refractivity contribution >= 4 is 11.9 Å². The fourth-order valence-corrected chi connectivity index (χ4v) is 1.97. The fourth-order valence-electron chi connectivity index (χ4n) is 1.97. The van der Waals surface area contributed by atoms with Crippen LogP contribution in [0.15, 0.2) is 18.2 Å². The largest absolute Gasteiger partial charge is 0.480 e. The van der Waals surface area contributed by atoms with Gasteiger partial charge in [0, 0.05) is 5.56 Å². The minimum absolute atomic E-state index is 0.353. The van der Waals surface area contributed by atoms with Gasteiger partial charge in [-0.3, -0.25) is 4.79 Å². The molecule has 0 aliphatic carbocycles. The number of carboxylic acids is 1. The molecular weight excluding hydrogens is 242 g/mol. The molecule has 0 heterocycles. The van der Waals surface area contributed by atoms with E-state index < -0.39 is 17.4 Å². The molecule has 1 aromatic rings. The van der Waals surface area contributed by atoms with Gasteiger partial charge < -0.3 is 10.4 Å². The number of hydrogen-bond donors (Lipinski definition) is 2. The predicted molar refractivity (Wildman–Crippen MR) is 74.3 cm³/mol. The third kappa shape index (κ3) is 4.09. The number of nitrogens with one attached hydrogen (secondary N) is 1. The van der Waals surface area contributed by atoms with E-state index in [2.05, 4.69) is 5.32 Å². The van der Waals surface area contributed by atoms with E-state index in [0.29, 0.717) is 5.56 Å². The Morgan fingerprint density at radius 1 is 1.11 bits per heavy atom. The molecule has 0 aromatic heterocycles. The van der Waals surface area contributed by atoms with E-state index in [1.54, 1.807) is 32.9 Å². The lowest BCUT2D eigenvalue weighted by atomic mass is 9.86. The molecule has 1 aromatic carbocycles. The molecule has 104 valence electrons. The minimum Gasteiger partial charge on any atom is -0.480 e. The number of hydrogen-bond acceptors (Lipinski definition) is 2. The molecule has 0 radical (unpaired) electrons. The second kappa shape index (κ2) is 5.43. The van der Waals surface area contributed by atoms with Crippen molar-refractivity contribution in [2.75, 3.05) is 0 Å². The molecule has 0 saturated heterocycles. The second-order valence-electron chi connectivity index (χ2n) is 5.99. The lowest BCUT2D eigenvalue weighted by Crippen LogP contribution is -2.49. The molecule has 0 bridgehead atoms. The first-order chi connectivity index (χ1) is 8.61. The SMILES string of the molecule is Cc1cc(C)cc(C(=O)N[C@@H](C(=O)O)C(C)(C)C)c1. The van der Waals surface area contributed by atoms with Crippen molar-refractivity contribution in [2.24, 2.45) is 5.41 Å². The lowest BCUT2D eigenvalue weighted by Gasteiger charge is -2.27. The highest BCUT2D eigenvalue weighted by Crippen LogP contribution is 2.20. The van der Waals surface area contributed by atoms with Crippen LogP contribution in [0.4, 0.5) is 0 Å². The summed E-state index contributed by atoms with van der Waals surface area (Å²) in [6.07, 6.45) is 0. The summed E-state index contributed by atoms with van der Waals surface area (Å²) in [6, 6.07) is 4.56. The number of aliphatic carboxylic acids is 1. The monoisotopic (exact) mass is 263 g/mol. The Labute approximate surface area is 113 Å². The van der Waals surface area contributed by atoms with E-state index in [9.17, 15) is 14.7 Å². The summed E-state index contributed by atoms with van der Waals surface area (Å²) >= 11 is 0. The number of rotatable bonds is 3. The predicted octanol–water partition coefficient (Wildman–Crippen LogP) is 2.53. The first-order valence-electron chi connectivity index (χ1n) is 6.23. The van der Waals surface area contributed by atoms with Gasteiger partial charge >= 0.3 is 5.97 Å². The summed E-state index contributed by atoms with van der Waals surface area (Å²) < 4.78 is 0. The minimum atomic E-state index is -1.02. The standard InChI is InChI=1S/C15H21NO3/c1-9-6-10(2)8-11(7-9)13(17)16-12(14(18)19)15(3,4)5/h6-8,12H,1-5H3,(H,16,17)(H,18,19)/t12-/m0/s1. The molecule has 1 amide bonds. The molecule has 0 unspecified atom stereocenters. The third-order valence-electron chi connectivity index (χ3n) is 2.87. The molecule has 4 heteroatoms. The zero-order chi connectivity index (χ0) is 14.8. The van der Waals surface area contributed by atoms with Crippen molar-refractivity contribution < 1.29 is 14.7 Å². The van der Waals surface area contributed by atoms with Gasteiger partial charge in [-0.15, -0.1) is 0 Å². The van der Waals surface area contributed by atoms with Crippen LogP contribution in [-0.4, -0.2) is 23.0 Å². The molecule has 0 fully saturated rings. The Kier molecular flexibility index (Phi) is 4.35. The van der Waals surface area contributed by atoms with Gasteiger partial charge in [-0.2, -0.15) is 0 Å². The van der Waals surface area contributed by atoms with Crippen molar-refractivity contribution in [1.82, 2.24) is 5.32 Å². The molecule has 4 nitrogen and oxygen atoms in total. The number of benzene rings is 1. The van der Waals surface area contributed by atoms with E-state index >= 15 is 0 Å². The summed E-state index contributed by atoms with van der Waals surface area (Å²) in [5.74, 6) is -1.38. The number of aryl methyl sites for hydroxylation is 2. The quantitative estimate of drug-likeness (QED) is 0.880. The third-order valence-corrected chi connectivity index (χ3v) is 2.87. The van der Waals surface area contributed by atoms with Gasteiger partial charge in [0.05, 0.1) is 0 Å². The van der Waals surface area contributed by atoms with Crippen LogP contribution in [0.25, 0.3) is 0 Å². The number of amides is 1. The molecule has 0 aliphatic heterocycles. The van der Waals surface area contributed by atoms with Crippen LogP contribution in [0.2, 0.25) is 0 Å². The lowest BCUT2D eigenvalue weighted by molar-refractivity contribution is -0.142.